The van der Waals surface area contributed by atoms with Crippen LogP contribution in [0.25, 0.3) is 33.7 Å². The molecule has 5 rings (SSSR count). The summed E-state index contributed by atoms with van der Waals surface area (Å²) in [6.07, 6.45) is 0. The van der Waals surface area contributed by atoms with Gasteiger partial charge in [0.1, 0.15) is 11.4 Å². The largest absolute Gasteiger partial charge is 0.320 e. The van der Waals surface area contributed by atoms with Crippen LogP contribution in [0.15, 0.2) is 53.3 Å². The third-order valence-electron chi connectivity index (χ3n) is 5.89. The van der Waals surface area contributed by atoms with E-state index >= 15 is 0 Å². The van der Waals surface area contributed by atoms with Gasteiger partial charge in [-0.2, -0.15) is 5.10 Å². The molecule has 0 aliphatic carbocycles. The number of H-pyrrole nitrogens is 1. The third kappa shape index (κ3) is 4.04. The molecule has 8 nitrogen and oxygen atoms in total. The number of benzene rings is 1. The maximum absolute atomic E-state index is 11.8. The molecule has 0 spiro atoms. The zero-order chi connectivity index (χ0) is 22.1. The number of nitrogens with zero attached hydrogens (tertiary/aromatic N) is 6. The number of hydrogen-bond acceptors (Lipinski definition) is 6. The fourth-order valence-corrected chi connectivity index (χ4v) is 4.35. The number of aromatic amines is 1. The van der Waals surface area contributed by atoms with Crippen LogP contribution in [0.1, 0.15) is 0 Å². The highest BCUT2D eigenvalue weighted by Crippen LogP contribution is 2.36. The average Bonchev–Trinajstić information content (AvgIpc) is 3.19. The van der Waals surface area contributed by atoms with Gasteiger partial charge in [0.05, 0.1) is 22.6 Å². The second kappa shape index (κ2) is 8.82. The van der Waals surface area contributed by atoms with Crippen molar-refractivity contribution in [3.63, 3.8) is 0 Å². The maximum atomic E-state index is 11.8. The van der Waals surface area contributed by atoms with Gasteiger partial charge in [-0.3, -0.25) is 9.69 Å². The van der Waals surface area contributed by atoms with Crippen molar-refractivity contribution in [2.45, 2.75) is 6.54 Å². The van der Waals surface area contributed by atoms with Gasteiger partial charge in [-0.1, -0.05) is 48.0 Å². The maximum Gasteiger partial charge on any atom is 0.248 e. The van der Waals surface area contributed by atoms with E-state index in [2.05, 4.69) is 32.0 Å². The lowest BCUT2D eigenvalue weighted by atomic mass is 10.1. The van der Waals surface area contributed by atoms with Crippen molar-refractivity contribution in [3.05, 3.63) is 63.9 Å². The highest BCUT2D eigenvalue weighted by atomic mass is 35.5. The van der Waals surface area contributed by atoms with Crippen LogP contribution in [0.4, 0.5) is 0 Å². The fourth-order valence-electron chi connectivity index (χ4n) is 4.04. The molecule has 1 fully saturated rings. The van der Waals surface area contributed by atoms with E-state index in [1.54, 1.807) is 12.1 Å². The standard InChI is InChI=1S/C23H24ClN7O/c1-29-10-12-30(13-11-29)14-15-31-23-19(21(28-31)16-6-3-2-4-7-16)20(24)22(26-27-23)17-8-5-9-18(32)25-17/h2-9H,10-15H2,1H3,(H,25,32). The van der Waals surface area contributed by atoms with E-state index in [0.717, 1.165) is 49.4 Å². The zero-order valence-corrected chi connectivity index (χ0v) is 18.6. The van der Waals surface area contributed by atoms with E-state index in [-0.39, 0.29) is 5.56 Å². The Morgan fingerprint density at radius 2 is 1.72 bits per heavy atom. The van der Waals surface area contributed by atoms with E-state index in [1.165, 1.54) is 6.07 Å². The van der Waals surface area contributed by atoms with Crippen LogP contribution in [-0.2, 0) is 6.54 Å². The minimum atomic E-state index is -0.216. The number of piperazine rings is 1. The number of pyridine rings is 1. The molecule has 4 aromatic rings. The summed E-state index contributed by atoms with van der Waals surface area (Å²) < 4.78 is 1.90. The van der Waals surface area contributed by atoms with Crippen molar-refractivity contribution < 1.29 is 0 Å². The topological polar surface area (TPSA) is 82.9 Å². The Labute approximate surface area is 190 Å². The molecule has 1 aliphatic heterocycles. The molecule has 1 aromatic carbocycles. The Balaban J connectivity index is 1.58. The first-order valence-corrected chi connectivity index (χ1v) is 11.1. The summed E-state index contributed by atoms with van der Waals surface area (Å²) in [6.45, 7) is 5.79. The number of aromatic nitrogens is 5. The predicted octanol–water partition coefficient (Wildman–Crippen LogP) is 2.75. The quantitative estimate of drug-likeness (QED) is 0.504. The normalized spacial score (nSPS) is 15.4. The van der Waals surface area contributed by atoms with Crippen molar-refractivity contribution in [2.75, 3.05) is 39.8 Å². The number of halogens is 1. The Bertz CT molecular complexity index is 1290. The lowest BCUT2D eigenvalue weighted by molar-refractivity contribution is 0.149. The Morgan fingerprint density at radius 3 is 2.47 bits per heavy atom. The van der Waals surface area contributed by atoms with Gasteiger partial charge in [0, 0.05) is 44.4 Å². The molecular weight excluding hydrogens is 426 g/mol. The first kappa shape index (κ1) is 20.8. The van der Waals surface area contributed by atoms with Gasteiger partial charge in [0.2, 0.25) is 5.56 Å². The van der Waals surface area contributed by atoms with Gasteiger partial charge in [-0.15, -0.1) is 10.2 Å². The van der Waals surface area contributed by atoms with Crippen molar-refractivity contribution in [1.82, 2.24) is 34.8 Å². The first-order chi connectivity index (χ1) is 15.6. The van der Waals surface area contributed by atoms with Gasteiger partial charge in [-0.05, 0) is 13.1 Å². The molecule has 0 saturated carbocycles. The number of likely N-dealkylation sites (N-methyl/N-ethyl adjacent to an activating group) is 1. The van der Waals surface area contributed by atoms with E-state index < -0.39 is 0 Å². The molecule has 4 heterocycles. The molecule has 0 unspecified atom stereocenters. The molecule has 0 amide bonds. The highest BCUT2D eigenvalue weighted by molar-refractivity contribution is 6.38. The van der Waals surface area contributed by atoms with E-state index in [9.17, 15) is 4.79 Å². The summed E-state index contributed by atoms with van der Waals surface area (Å²) in [5.41, 5.74) is 3.11. The molecule has 1 aliphatic rings. The number of hydrogen-bond donors (Lipinski definition) is 1. The van der Waals surface area contributed by atoms with Crippen LogP contribution in [-0.4, -0.2) is 74.5 Å². The first-order valence-electron chi connectivity index (χ1n) is 10.7. The van der Waals surface area contributed by atoms with E-state index in [1.807, 2.05) is 35.0 Å². The van der Waals surface area contributed by atoms with Crippen molar-refractivity contribution in [2.24, 2.45) is 0 Å². The number of fused-ring (bicyclic) bond motifs is 1. The van der Waals surface area contributed by atoms with E-state index in [0.29, 0.717) is 28.6 Å². The predicted molar refractivity (Wildman–Crippen MR) is 126 cm³/mol. The molecule has 164 valence electrons. The third-order valence-corrected chi connectivity index (χ3v) is 6.26. The molecule has 3 aromatic heterocycles. The molecule has 1 N–H and O–H groups in total. The second-order valence-corrected chi connectivity index (χ2v) is 8.45. The minimum absolute atomic E-state index is 0.216. The number of nitrogens with one attached hydrogen (secondary N) is 1. The highest BCUT2D eigenvalue weighted by Gasteiger charge is 2.22. The van der Waals surface area contributed by atoms with Crippen LogP contribution in [0, 0.1) is 0 Å². The lowest BCUT2D eigenvalue weighted by Gasteiger charge is -2.32. The Morgan fingerprint density at radius 1 is 0.938 bits per heavy atom. The summed E-state index contributed by atoms with van der Waals surface area (Å²) in [7, 11) is 2.15. The average molecular weight is 450 g/mol. The van der Waals surface area contributed by atoms with Gasteiger partial charge < -0.3 is 9.88 Å². The Kier molecular flexibility index (Phi) is 5.73. The summed E-state index contributed by atoms with van der Waals surface area (Å²) >= 11 is 6.87. The van der Waals surface area contributed by atoms with Gasteiger partial charge in [-0.25, -0.2) is 4.68 Å². The summed E-state index contributed by atoms with van der Waals surface area (Å²) in [5.74, 6) is 0. The molecule has 9 heteroatoms. The van der Waals surface area contributed by atoms with Crippen molar-refractivity contribution >= 4 is 22.6 Å². The molecule has 0 bridgehead atoms. The molecule has 0 radical (unpaired) electrons. The molecular formula is C23H24ClN7O. The van der Waals surface area contributed by atoms with Crippen LogP contribution in [0.2, 0.25) is 5.02 Å². The smallest absolute Gasteiger partial charge is 0.248 e. The lowest BCUT2D eigenvalue weighted by Crippen LogP contribution is -2.45. The fraction of sp³-hybridized carbons (Fsp3) is 0.304. The van der Waals surface area contributed by atoms with Crippen LogP contribution in [0.3, 0.4) is 0 Å². The van der Waals surface area contributed by atoms with Gasteiger partial charge in [0.15, 0.2) is 5.65 Å². The number of rotatable bonds is 5. The van der Waals surface area contributed by atoms with E-state index in [4.69, 9.17) is 16.7 Å². The second-order valence-electron chi connectivity index (χ2n) is 8.07. The van der Waals surface area contributed by atoms with Gasteiger partial charge >= 0.3 is 0 Å². The SMILES string of the molecule is CN1CCN(CCn2nc(-c3ccccc3)c3c(Cl)c(-c4cccc(=O)[nH]4)nnc32)CC1. The van der Waals surface area contributed by atoms with Crippen LogP contribution >= 0.6 is 11.6 Å². The van der Waals surface area contributed by atoms with Crippen molar-refractivity contribution in [1.29, 1.82) is 0 Å². The van der Waals surface area contributed by atoms with Gasteiger partial charge in [0.25, 0.3) is 0 Å². The monoisotopic (exact) mass is 449 g/mol. The Hall–Kier alpha value is -3.07. The van der Waals surface area contributed by atoms with Crippen molar-refractivity contribution in [3.8, 4) is 22.6 Å². The molecule has 1 saturated heterocycles. The molecule has 32 heavy (non-hydrogen) atoms. The molecule has 0 atom stereocenters. The zero-order valence-electron chi connectivity index (χ0n) is 17.8. The van der Waals surface area contributed by atoms with Crippen LogP contribution in [0.5, 0.6) is 0 Å². The summed E-state index contributed by atoms with van der Waals surface area (Å²) in [4.78, 5) is 19.4. The van der Waals surface area contributed by atoms with Crippen LogP contribution < -0.4 is 5.56 Å². The summed E-state index contributed by atoms with van der Waals surface area (Å²) in [6, 6.07) is 14.8. The minimum Gasteiger partial charge on any atom is -0.320 e. The summed E-state index contributed by atoms with van der Waals surface area (Å²) in [5, 5.41) is 14.9.